The zero-order valence-corrected chi connectivity index (χ0v) is 36.4. The third-order valence-corrected chi connectivity index (χ3v) is 16.8. The van der Waals surface area contributed by atoms with Crippen molar-refractivity contribution in [3.05, 3.63) is 35.2 Å². The maximum Gasteiger partial charge on any atom is 0.309 e. The molecule has 1 aromatic rings. The highest BCUT2D eigenvalue weighted by atomic mass is 16.5. The zero-order chi connectivity index (χ0) is 41.2. The number of ketones is 1. The van der Waals surface area contributed by atoms with Gasteiger partial charge in [-0.3, -0.25) is 19.3 Å². The van der Waals surface area contributed by atoms with Gasteiger partial charge in [0.05, 0.1) is 23.6 Å². The van der Waals surface area contributed by atoms with Crippen LogP contribution in [0.4, 0.5) is 0 Å². The molecule has 5 aliphatic carbocycles. The highest BCUT2D eigenvalue weighted by Gasteiger charge is 2.71. The number of allylic oxidation sites excluding steroid dienone is 1. The van der Waals surface area contributed by atoms with Crippen molar-refractivity contribution in [2.45, 2.75) is 145 Å². The van der Waals surface area contributed by atoms with Gasteiger partial charge in [-0.1, -0.05) is 54.0 Å². The summed E-state index contributed by atoms with van der Waals surface area (Å²) in [6.07, 6.45) is 8.76. The zero-order valence-electron chi connectivity index (χ0n) is 36.4. The largest absolute Gasteiger partial charge is 0.481 e. The van der Waals surface area contributed by atoms with Crippen LogP contribution in [0, 0.1) is 56.2 Å². The van der Waals surface area contributed by atoms with Crippen molar-refractivity contribution in [1.29, 1.82) is 0 Å². The summed E-state index contributed by atoms with van der Waals surface area (Å²) in [4.78, 5) is 43.7. The molecular formula is C46H72N4O6. The Labute approximate surface area is 336 Å². The van der Waals surface area contributed by atoms with Gasteiger partial charge in [0.15, 0.2) is 5.78 Å². The van der Waals surface area contributed by atoms with E-state index in [1.807, 2.05) is 12.1 Å². The second kappa shape index (κ2) is 15.2. The van der Waals surface area contributed by atoms with E-state index in [0.29, 0.717) is 31.3 Å². The minimum atomic E-state index is -1.17. The monoisotopic (exact) mass is 777 g/mol. The molecule has 5 aliphatic rings. The Kier molecular flexibility index (Phi) is 11.6. The third-order valence-electron chi connectivity index (χ3n) is 16.8. The number of carbonyl (C=O) groups is 3. The number of aromatic nitrogens is 2. The Morgan fingerprint density at radius 3 is 2.30 bits per heavy atom. The fourth-order valence-electron chi connectivity index (χ4n) is 13.6. The van der Waals surface area contributed by atoms with E-state index in [9.17, 15) is 24.6 Å². The SMILES string of the molecule is CC(C)C1=C2[C@H]3CC[C@@H]4[C@@]5(C)CC[C@H](OC(=O)CC(C)(C)C(=O)O)C(C)(C)[C@@H]5CC[C@@]4(C)[C@]3(C)CCC2(C(O)CN(CCN(C)C)Cc2cccnn2)CC1=O. The van der Waals surface area contributed by atoms with Gasteiger partial charge in [-0.25, -0.2) is 0 Å². The number of hydrogen-bond donors (Lipinski definition) is 2. The van der Waals surface area contributed by atoms with E-state index in [1.165, 1.54) is 5.57 Å². The molecular weight excluding hydrogens is 705 g/mol. The van der Waals surface area contributed by atoms with Gasteiger partial charge in [-0.2, -0.15) is 10.2 Å². The van der Waals surface area contributed by atoms with Crippen LogP contribution >= 0.6 is 0 Å². The van der Waals surface area contributed by atoms with Crippen molar-refractivity contribution in [3.63, 3.8) is 0 Å². The number of aliphatic carboxylic acids is 1. The first kappa shape index (κ1) is 42.9. The number of carbonyl (C=O) groups excluding carboxylic acids is 2. The molecule has 4 saturated carbocycles. The smallest absolute Gasteiger partial charge is 0.309 e. The lowest BCUT2D eigenvalue weighted by molar-refractivity contribution is -0.235. The summed E-state index contributed by atoms with van der Waals surface area (Å²) in [5, 5.41) is 30.8. The highest BCUT2D eigenvalue weighted by molar-refractivity contribution is 6.00. The van der Waals surface area contributed by atoms with E-state index in [2.05, 4.69) is 82.6 Å². The summed E-state index contributed by atoms with van der Waals surface area (Å²) < 4.78 is 6.19. The third kappa shape index (κ3) is 7.09. The van der Waals surface area contributed by atoms with Crippen molar-refractivity contribution < 1.29 is 29.3 Å². The molecule has 2 N–H and O–H groups in total. The second-order valence-corrected chi connectivity index (χ2v) is 21.3. The van der Waals surface area contributed by atoms with E-state index >= 15 is 0 Å². The number of Topliss-reactive ketones (excluding diaryl/α,β-unsaturated/α-hetero) is 1. The average molecular weight is 777 g/mol. The average Bonchev–Trinajstić information content (AvgIpc) is 3.42. The molecule has 312 valence electrons. The van der Waals surface area contributed by atoms with E-state index in [4.69, 9.17) is 4.74 Å². The number of hydrogen-bond acceptors (Lipinski definition) is 9. The minimum Gasteiger partial charge on any atom is -0.481 e. The fourth-order valence-corrected chi connectivity index (χ4v) is 13.6. The molecule has 0 saturated heterocycles. The standard InChI is InChI=1S/C46H72N4O6/c1-29(2)38-32(51)25-46(35(52)28-50(24-23-49(10)11)27-30-13-12-22-47-48-30)21-20-44(8)31(39(38)46)14-15-34-43(7)18-17-36(56-37(53)26-41(3,4)40(54)55)42(5,6)33(43)16-19-45(34,44)9/h12-13,22,29,31,33-36,52H,14-21,23-28H2,1-11H3,(H,54,55)/t31-,33+,34-,35?,36+,43+,44-,45-,46?/m1/s1. The summed E-state index contributed by atoms with van der Waals surface area (Å²) in [5.41, 5.74) is 1.22. The van der Waals surface area contributed by atoms with Gasteiger partial charge in [-0.15, -0.1) is 0 Å². The summed E-state index contributed by atoms with van der Waals surface area (Å²) in [7, 11) is 4.14. The first-order valence-corrected chi connectivity index (χ1v) is 21.6. The Hall–Kier alpha value is -2.69. The quantitative estimate of drug-likeness (QED) is 0.193. The van der Waals surface area contributed by atoms with Gasteiger partial charge in [-0.05, 0) is 137 Å². The van der Waals surface area contributed by atoms with Crippen molar-refractivity contribution in [2.24, 2.45) is 56.2 Å². The molecule has 0 spiro atoms. The number of carboxylic acid groups (broad SMARTS) is 1. The van der Waals surface area contributed by atoms with E-state index < -0.39 is 28.9 Å². The minimum absolute atomic E-state index is 0.0344. The van der Waals surface area contributed by atoms with Crippen LogP contribution in [0.5, 0.6) is 0 Å². The number of rotatable bonds is 13. The first-order chi connectivity index (χ1) is 26.0. The molecule has 6 rings (SSSR count). The first-order valence-electron chi connectivity index (χ1n) is 21.6. The maximum atomic E-state index is 14.3. The number of ether oxygens (including phenoxy) is 1. The molecule has 0 amide bonds. The van der Waals surface area contributed by atoms with Crippen LogP contribution < -0.4 is 0 Å². The van der Waals surface area contributed by atoms with E-state index in [0.717, 1.165) is 75.7 Å². The molecule has 9 atom stereocenters. The Bertz CT molecular complexity index is 1690. The number of fused-ring (bicyclic) bond motifs is 7. The second-order valence-electron chi connectivity index (χ2n) is 21.3. The maximum absolute atomic E-state index is 14.3. The normalized spacial score (nSPS) is 35.9. The Balaban J connectivity index is 1.29. The van der Waals surface area contributed by atoms with Gasteiger partial charge < -0.3 is 19.8 Å². The summed E-state index contributed by atoms with van der Waals surface area (Å²) >= 11 is 0. The number of aliphatic hydroxyl groups is 1. The highest BCUT2D eigenvalue weighted by Crippen LogP contribution is 2.77. The van der Waals surface area contributed by atoms with E-state index in [1.54, 1.807) is 20.0 Å². The summed E-state index contributed by atoms with van der Waals surface area (Å²) in [6, 6.07) is 3.90. The number of likely N-dealkylation sites (N-methyl/N-ethyl adjacent to an activating group) is 1. The molecule has 1 aromatic heterocycles. The van der Waals surface area contributed by atoms with Crippen LogP contribution in [0.25, 0.3) is 0 Å². The van der Waals surface area contributed by atoms with Crippen molar-refractivity contribution in [3.8, 4) is 0 Å². The van der Waals surface area contributed by atoms with Crippen LogP contribution in [0.15, 0.2) is 29.5 Å². The predicted molar refractivity (Wildman–Crippen MR) is 217 cm³/mol. The Morgan fingerprint density at radius 1 is 0.964 bits per heavy atom. The molecule has 0 aliphatic heterocycles. The van der Waals surface area contributed by atoms with Crippen LogP contribution in [-0.4, -0.2) is 93.9 Å². The van der Waals surface area contributed by atoms with Crippen molar-refractivity contribution in [1.82, 2.24) is 20.0 Å². The lowest BCUT2D eigenvalue weighted by atomic mass is 9.33. The molecule has 0 bridgehead atoms. The van der Waals surface area contributed by atoms with Gasteiger partial charge in [0.25, 0.3) is 0 Å². The lowest BCUT2D eigenvalue weighted by Gasteiger charge is -2.72. The predicted octanol–water partition coefficient (Wildman–Crippen LogP) is 7.59. The molecule has 10 nitrogen and oxygen atoms in total. The number of carboxylic acids is 1. The topological polar surface area (TPSA) is 133 Å². The fraction of sp³-hybridized carbons (Fsp3) is 0.804. The summed E-state index contributed by atoms with van der Waals surface area (Å²) in [5.74, 6) is -0.0208. The molecule has 2 unspecified atom stereocenters. The van der Waals surface area contributed by atoms with Crippen LogP contribution in [0.2, 0.25) is 0 Å². The van der Waals surface area contributed by atoms with Crippen molar-refractivity contribution in [2.75, 3.05) is 33.7 Å². The summed E-state index contributed by atoms with van der Waals surface area (Å²) in [6.45, 7) is 22.4. The van der Waals surface area contributed by atoms with Gasteiger partial charge in [0, 0.05) is 49.6 Å². The molecule has 1 heterocycles. The van der Waals surface area contributed by atoms with Gasteiger partial charge in [0.1, 0.15) is 6.10 Å². The van der Waals surface area contributed by atoms with Gasteiger partial charge >= 0.3 is 11.9 Å². The van der Waals surface area contributed by atoms with E-state index in [-0.39, 0.29) is 51.8 Å². The number of esters is 1. The lowest BCUT2D eigenvalue weighted by Crippen LogP contribution is -2.66. The number of nitrogens with zero attached hydrogens (tertiary/aromatic N) is 4. The van der Waals surface area contributed by atoms with Crippen LogP contribution in [0.3, 0.4) is 0 Å². The molecule has 4 fully saturated rings. The van der Waals surface area contributed by atoms with Crippen molar-refractivity contribution >= 4 is 17.7 Å². The molecule has 0 radical (unpaired) electrons. The molecule has 10 heteroatoms. The molecule has 56 heavy (non-hydrogen) atoms. The Morgan fingerprint density at radius 2 is 1.68 bits per heavy atom. The molecule has 0 aromatic carbocycles. The van der Waals surface area contributed by atoms with Crippen LogP contribution in [-0.2, 0) is 25.7 Å². The number of aliphatic hydroxyl groups excluding tert-OH is 1. The van der Waals surface area contributed by atoms with Crippen LogP contribution in [0.1, 0.15) is 132 Å². The van der Waals surface area contributed by atoms with Gasteiger partial charge in [0.2, 0.25) is 0 Å².